The lowest BCUT2D eigenvalue weighted by atomic mass is 9.74. The van der Waals surface area contributed by atoms with Gasteiger partial charge in [-0.3, -0.25) is 0 Å². The number of rotatable bonds is 5. The van der Waals surface area contributed by atoms with Crippen molar-refractivity contribution in [2.24, 2.45) is 11.7 Å². The maximum absolute atomic E-state index is 11.9. The van der Waals surface area contributed by atoms with Gasteiger partial charge in [-0.05, 0) is 25.2 Å². The minimum atomic E-state index is -4.24. The van der Waals surface area contributed by atoms with Crippen LogP contribution in [0, 0.1) is 5.92 Å². The fourth-order valence-corrected chi connectivity index (χ4v) is 2.56. The fraction of sp³-hybridized carbons (Fsp3) is 1.00. The van der Waals surface area contributed by atoms with Gasteiger partial charge in [-0.2, -0.15) is 13.2 Å². The Balaban J connectivity index is 2.25. The molecule has 0 aromatic carbocycles. The van der Waals surface area contributed by atoms with Gasteiger partial charge in [0.15, 0.2) is 0 Å². The van der Waals surface area contributed by atoms with E-state index in [4.69, 9.17) is 5.73 Å². The van der Waals surface area contributed by atoms with Crippen LogP contribution >= 0.6 is 0 Å². The molecule has 5 heteroatoms. The molecule has 0 saturated heterocycles. The second kappa shape index (κ2) is 6.05. The predicted octanol–water partition coefficient (Wildman–Crippen LogP) is 3.25. The zero-order chi connectivity index (χ0) is 12.9. The molecule has 102 valence electrons. The number of nitrogens with two attached hydrogens (primary N) is 1. The van der Waals surface area contributed by atoms with Gasteiger partial charge in [0.1, 0.15) is 6.61 Å². The maximum Gasteiger partial charge on any atom is 0.411 e. The van der Waals surface area contributed by atoms with Gasteiger partial charge in [0, 0.05) is 12.1 Å². The van der Waals surface area contributed by atoms with E-state index in [2.05, 4.69) is 11.7 Å². The number of hydrogen-bond donors (Lipinski definition) is 1. The van der Waals surface area contributed by atoms with Crippen LogP contribution in [-0.4, -0.2) is 24.9 Å². The minimum Gasteiger partial charge on any atom is -0.372 e. The molecule has 0 spiro atoms. The molecular weight excluding hydrogens is 231 g/mol. The summed E-state index contributed by atoms with van der Waals surface area (Å²) < 4.78 is 40.3. The van der Waals surface area contributed by atoms with Crippen LogP contribution in [0.2, 0.25) is 0 Å². The first-order chi connectivity index (χ1) is 7.85. The van der Waals surface area contributed by atoms with E-state index in [1.54, 1.807) is 0 Å². The van der Waals surface area contributed by atoms with Crippen molar-refractivity contribution in [3.63, 3.8) is 0 Å². The summed E-state index contributed by atoms with van der Waals surface area (Å²) in [4.78, 5) is 0. The van der Waals surface area contributed by atoms with Gasteiger partial charge in [0.05, 0.1) is 0 Å². The summed E-state index contributed by atoms with van der Waals surface area (Å²) in [6, 6.07) is 0. The summed E-state index contributed by atoms with van der Waals surface area (Å²) >= 11 is 0. The van der Waals surface area contributed by atoms with Crippen LogP contribution in [-0.2, 0) is 4.74 Å². The average Bonchev–Trinajstić information content (AvgIpc) is 2.23. The van der Waals surface area contributed by atoms with E-state index in [0.717, 1.165) is 25.7 Å². The van der Waals surface area contributed by atoms with Crippen molar-refractivity contribution in [3.05, 3.63) is 0 Å². The molecule has 1 aliphatic carbocycles. The topological polar surface area (TPSA) is 35.2 Å². The van der Waals surface area contributed by atoms with Crippen molar-refractivity contribution in [1.29, 1.82) is 0 Å². The fourth-order valence-electron chi connectivity index (χ4n) is 2.56. The molecule has 1 fully saturated rings. The third-order valence-electron chi connectivity index (χ3n) is 3.57. The highest BCUT2D eigenvalue weighted by molar-refractivity contribution is 4.90. The van der Waals surface area contributed by atoms with Crippen molar-refractivity contribution < 1.29 is 17.9 Å². The molecule has 0 amide bonds. The number of alkyl halides is 3. The van der Waals surface area contributed by atoms with Crippen LogP contribution in [0.3, 0.4) is 0 Å². The van der Waals surface area contributed by atoms with Crippen LogP contribution in [0.4, 0.5) is 13.2 Å². The van der Waals surface area contributed by atoms with E-state index in [9.17, 15) is 13.2 Å². The van der Waals surface area contributed by atoms with E-state index in [1.807, 2.05) is 0 Å². The summed E-state index contributed by atoms with van der Waals surface area (Å²) in [5.74, 6) is 0.622. The summed E-state index contributed by atoms with van der Waals surface area (Å²) in [7, 11) is 0. The number of ether oxygens (including phenoxy) is 1. The Kier molecular flexibility index (Phi) is 5.25. The van der Waals surface area contributed by atoms with Crippen molar-refractivity contribution >= 4 is 0 Å². The highest BCUT2D eigenvalue weighted by Crippen LogP contribution is 2.34. The number of halogens is 3. The molecule has 2 N–H and O–H groups in total. The van der Waals surface area contributed by atoms with Gasteiger partial charge in [0.25, 0.3) is 0 Å². The normalized spacial score (nSPS) is 30.5. The first kappa shape index (κ1) is 14.8. The highest BCUT2D eigenvalue weighted by Gasteiger charge is 2.32. The first-order valence-corrected chi connectivity index (χ1v) is 6.28. The Morgan fingerprint density at radius 1 is 1.41 bits per heavy atom. The molecule has 2 atom stereocenters. The monoisotopic (exact) mass is 253 g/mol. The Morgan fingerprint density at radius 2 is 2.12 bits per heavy atom. The molecule has 1 saturated carbocycles. The van der Waals surface area contributed by atoms with Crippen LogP contribution in [0.1, 0.15) is 45.4 Å². The SMILES string of the molecule is CCC1CCCC(N)(CCOCC(F)(F)F)C1. The lowest BCUT2D eigenvalue weighted by Gasteiger charge is -2.37. The highest BCUT2D eigenvalue weighted by atomic mass is 19.4. The zero-order valence-corrected chi connectivity index (χ0v) is 10.4. The summed E-state index contributed by atoms with van der Waals surface area (Å²) in [6.45, 7) is 1.07. The zero-order valence-electron chi connectivity index (χ0n) is 10.4. The summed E-state index contributed by atoms with van der Waals surface area (Å²) in [5, 5.41) is 0. The molecule has 2 unspecified atom stereocenters. The Bertz CT molecular complexity index is 232. The average molecular weight is 253 g/mol. The Labute approximate surface area is 101 Å². The van der Waals surface area contributed by atoms with Crippen LogP contribution in [0.5, 0.6) is 0 Å². The van der Waals surface area contributed by atoms with Gasteiger partial charge in [-0.1, -0.05) is 26.2 Å². The summed E-state index contributed by atoms with van der Waals surface area (Å²) in [6.07, 6.45) is 1.48. The van der Waals surface area contributed by atoms with Crippen molar-refractivity contribution in [1.82, 2.24) is 0 Å². The lowest BCUT2D eigenvalue weighted by Crippen LogP contribution is -2.45. The van der Waals surface area contributed by atoms with Crippen molar-refractivity contribution in [3.8, 4) is 0 Å². The Hall–Kier alpha value is -0.290. The molecule has 0 aromatic rings. The second-order valence-electron chi connectivity index (χ2n) is 5.15. The van der Waals surface area contributed by atoms with Crippen molar-refractivity contribution in [2.45, 2.75) is 57.2 Å². The summed E-state index contributed by atoms with van der Waals surface area (Å²) in [5.41, 5.74) is 5.90. The largest absolute Gasteiger partial charge is 0.411 e. The van der Waals surface area contributed by atoms with Crippen LogP contribution in [0.15, 0.2) is 0 Å². The third-order valence-corrected chi connectivity index (χ3v) is 3.57. The van der Waals surface area contributed by atoms with Crippen LogP contribution < -0.4 is 5.73 Å². The van der Waals surface area contributed by atoms with Crippen LogP contribution in [0.25, 0.3) is 0 Å². The van der Waals surface area contributed by atoms with Gasteiger partial charge < -0.3 is 10.5 Å². The molecule has 1 aliphatic rings. The van der Waals surface area contributed by atoms with E-state index >= 15 is 0 Å². The minimum absolute atomic E-state index is 0.104. The van der Waals surface area contributed by atoms with E-state index < -0.39 is 12.8 Å². The Morgan fingerprint density at radius 3 is 2.71 bits per heavy atom. The number of hydrogen-bond acceptors (Lipinski definition) is 2. The molecule has 0 radical (unpaired) electrons. The second-order valence-corrected chi connectivity index (χ2v) is 5.15. The molecule has 0 aliphatic heterocycles. The van der Waals surface area contributed by atoms with E-state index in [-0.39, 0.29) is 12.1 Å². The van der Waals surface area contributed by atoms with Gasteiger partial charge in [0.2, 0.25) is 0 Å². The van der Waals surface area contributed by atoms with E-state index in [1.165, 1.54) is 6.42 Å². The van der Waals surface area contributed by atoms with Gasteiger partial charge >= 0.3 is 6.18 Å². The smallest absolute Gasteiger partial charge is 0.372 e. The predicted molar refractivity (Wildman–Crippen MR) is 60.7 cm³/mol. The van der Waals surface area contributed by atoms with Gasteiger partial charge in [-0.15, -0.1) is 0 Å². The third kappa shape index (κ3) is 5.73. The standard InChI is InChI=1S/C12H22F3NO/c1-2-10-4-3-5-11(16,8-10)6-7-17-9-12(13,14)15/h10H,2-9,16H2,1H3. The quantitative estimate of drug-likeness (QED) is 0.763. The molecule has 0 aromatic heterocycles. The van der Waals surface area contributed by atoms with Crippen molar-refractivity contribution in [2.75, 3.05) is 13.2 Å². The van der Waals surface area contributed by atoms with E-state index in [0.29, 0.717) is 12.3 Å². The molecule has 0 bridgehead atoms. The molecular formula is C12H22F3NO. The molecule has 17 heavy (non-hydrogen) atoms. The molecule has 0 heterocycles. The lowest BCUT2D eigenvalue weighted by molar-refractivity contribution is -0.175. The molecule has 1 rings (SSSR count). The molecule has 2 nitrogen and oxygen atoms in total. The van der Waals surface area contributed by atoms with Gasteiger partial charge in [-0.25, -0.2) is 0 Å². The maximum atomic E-state index is 11.9. The first-order valence-electron chi connectivity index (χ1n) is 6.28.